The number of para-hydroxylation sites is 1. The summed E-state index contributed by atoms with van der Waals surface area (Å²) in [4.78, 5) is 16.3. The molecule has 1 saturated heterocycles. The first-order valence-electron chi connectivity index (χ1n) is 8.91. The summed E-state index contributed by atoms with van der Waals surface area (Å²) in [6.45, 7) is 5.77. The molecule has 1 amide bonds. The molecule has 138 valence electrons. The fourth-order valence-corrected chi connectivity index (χ4v) is 3.22. The molecule has 0 saturated carbocycles. The number of nitrogens with zero attached hydrogens (tertiary/aromatic N) is 2. The van der Waals surface area contributed by atoms with Crippen LogP contribution < -0.4 is 20.7 Å². The third-order valence-electron chi connectivity index (χ3n) is 4.75. The minimum Gasteiger partial charge on any atom is -0.497 e. The van der Waals surface area contributed by atoms with E-state index in [1.807, 2.05) is 30.3 Å². The highest BCUT2D eigenvalue weighted by Gasteiger charge is 2.17. The number of hydrogen-bond acceptors (Lipinski definition) is 5. The molecule has 1 aliphatic rings. The predicted octanol–water partition coefficient (Wildman–Crippen LogP) is 2.03. The van der Waals surface area contributed by atoms with E-state index >= 15 is 0 Å². The first-order chi connectivity index (χ1) is 12.7. The van der Waals surface area contributed by atoms with Crippen LogP contribution in [0.25, 0.3) is 0 Å². The van der Waals surface area contributed by atoms with E-state index in [4.69, 9.17) is 10.5 Å². The molecule has 26 heavy (non-hydrogen) atoms. The zero-order chi connectivity index (χ0) is 18.4. The van der Waals surface area contributed by atoms with Gasteiger partial charge in [0.2, 0.25) is 0 Å². The van der Waals surface area contributed by atoms with E-state index in [2.05, 4.69) is 27.2 Å². The van der Waals surface area contributed by atoms with Gasteiger partial charge >= 0.3 is 0 Å². The zero-order valence-corrected chi connectivity index (χ0v) is 15.1. The van der Waals surface area contributed by atoms with Crippen molar-refractivity contribution in [3.63, 3.8) is 0 Å². The van der Waals surface area contributed by atoms with Crippen LogP contribution in [0.2, 0.25) is 0 Å². The van der Waals surface area contributed by atoms with Crippen LogP contribution in [0.3, 0.4) is 0 Å². The molecular formula is C20H26N4O2. The Balaban J connectivity index is 1.45. The fraction of sp³-hybridized carbons (Fsp3) is 0.350. The Morgan fingerprint density at radius 3 is 2.42 bits per heavy atom. The molecule has 0 aromatic heterocycles. The number of ether oxygens (including phenoxy) is 1. The molecule has 1 heterocycles. The molecule has 0 bridgehead atoms. The maximum Gasteiger partial charge on any atom is 0.250 e. The van der Waals surface area contributed by atoms with Gasteiger partial charge in [-0.2, -0.15) is 0 Å². The number of benzene rings is 2. The number of rotatable bonds is 7. The van der Waals surface area contributed by atoms with Gasteiger partial charge in [-0.15, -0.1) is 0 Å². The van der Waals surface area contributed by atoms with E-state index in [9.17, 15) is 4.79 Å². The Hall–Kier alpha value is -2.73. The van der Waals surface area contributed by atoms with Crippen molar-refractivity contribution in [1.29, 1.82) is 0 Å². The second-order valence-electron chi connectivity index (χ2n) is 6.36. The van der Waals surface area contributed by atoms with E-state index < -0.39 is 5.91 Å². The second-order valence-corrected chi connectivity index (χ2v) is 6.36. The molecule has 6 nitrogen and oxygen atoms in total. The highest BCUT2D eigenvalue weighted by atomic mass is 16.5. The van der Waals surface area contributed by atoms with Crippen LogP contribution in [0.1, 0.15) is 10.4 Å². The Morgan fingerprint density at radius 2 is 1.77 bits per heavy atom. The number of carbonyl (C=O) groups is 1. The molecule has 1 fully saturated rings. The van der Waals surface area contributed by atoms with Gasteiger partial charge < -0.3 is 20.7 Å². The third kappa shape index (κ3) is 4.46. The number of methoxy groups -OCH3 is 1. The Bertz CT molecular complexity index is 725. The molecule has 3 rings (SSSR count). The lowest BCUT2D eigenvalue weighted by molar-refractivity contribution is 0.100. The maximum absolute atomic E-state index is 11.5. The summed E-state index contributed by atoms with van der Waals surface area (Å²) in [6.07, 6.45) is 0. The van der Waals surface area contributed by atoms with Crippen molar-refractivity contribution in [1.82, 2.24) is 4.90 Å². The number of carbonyl (C=O) groups excluding carboxylic acids is 1. The van der Waals surface area contributed by atoms with Crippen LogP contribution in [0.5, 0.6) is 5.75 Å². The summed E-state index contributed by atoms with van der Waals surface area (Å²) < 4.78 is 5.21. The number of anilines is 2. The van der Waals surface area contributed by atoms with Gasteiger partial charge in [-0.1, -0.05) is 12.1 Å². The summed E-state index contributed by atoms with van der Waals surface area (Å²) in [7, 11) is 1.68. The minimum atomic E-state index is -0.402. The van der Waals surface area contributed by atoms with Gasteiger partial charge in [-0.3, -0.25) is 9.69 Å². The molecule has 0 atom stereocenters. The molecule has 6 heteroatoms. The number of nitrogens with two attached hydrogens (primary N) is 1. The lowest BCUT2D eigenvalue weighted by Gasteiger charge is -2.36. The van der Waals surface area contributed by atoms with Crippen LogP contribution in [0.15, 0.2) is 48.5 Å². The molecule has 0 aliphatic carbocycles. The summed E-state index contributed by atoms with van der Waals surface area (Å²) in [6, 6.07) is 15.6. The summed E-state index contributed by atoms with van der Waals surface area (Å²) in [5.74, 6) is 0.482. The van der Waals surface area contributed by atoms with Crippen LogP contribution in [-0.4, -0.2) is 57.2 Å². The number of hydrogen-bond donors (Lipinski definition) is 2. The van der Waals surface area contributed by atoms with Crippen molar-refractivity contribution in [2.75, 3.05) is 56.6 Å². The van der Waals surface area contributed by atoms with Crippen molar-refractivity contribution < 1.29 is 9.53 Å². The fourth-order valence-electron chi connectivity index (χ4n) is 3.22. The number of primary amides is 1. The van der Waals surface area contributed by atoms with Crippen LogP contribution in [0.4, 0.5) is 11.4 Å². The smallest absolute Gasteiger partial charge is 0.250 e. The Morgan fingerprint density at radius 1 is 1.08 bits per heavy atom. The van der Waals surface area contributed by atoms with Gasteiger partial charge in [0.25, 0.3) is 5.91 Å². The average Bonchev–Trinajstić information content (AvgIpc) is 2.69. The number of amides is 1. The molecule has 0 unspecified atom stereocenters. The largest absolute Gasteiger partial charge is 0.497 e. The molecule has 0 spiro atoms. The van der Waals surface area contributed by atoms with Crippen molar-refractivity contribution >= 4 is 17.3 Å². The molecular weight excluding hydrogens is 328 g/mol. The predicted molar refractivity (Wildman–Crippen MR) is 105 cm³/mol. The normalized spacial score (nSPS) is 14.9. The lowest BCUT2D eigenvalue weighted by Crippen LogP contribution is -2.47. The van der Waals surface area contributed by atoms with Crippen LogP contribution >= 0.6 is 0 Å². The van der Waals surface area contributed by atoms with Gasteiger partial charge in [0.15, 0.2) is 0 Å². The van der Waals surface area contributed by atoms with Crippen molar-refractivity contribution in [2.45, 2.75) is 0 Å². The topological polar surface area (TPSA) is 70.8 Å². The molecule has 1 aliphatic heterocycles. The van der Waals surface area contributed by atoms with E-state index in [-0.39, 0.29) is 0 Å². The van der Waals surface area contributed by atoms with E-state index in [0.717, 1.165) is 50.7 Å². The third-order valence-corrected chi connectivity index (χ3v) is 4.75. The van der Waals surface area contributed by atoms with Gasteiger partial charge in [0, 0.05) is 50.6 Å². The minimum absolute atomic E-state index is 0.402. The SMILES string of the molecule is COc1ccc(N2CCN(CCNc3ccccc3C(N)=O)CC2)cc1. The number of piperazine rings is 1. The second kappa shape index (κ2) is 8.58. The van der Waals surface area contributed by atoms with Crippen LogP contribution in [-0.2, 0) is 0 Å². The standard InChI is InChI=1S/C20H26N4O2/c1-26-17-8-6-16(7-9-17)24-14-12-23(13-15-24)11-10-22-19-5-3-2-4-18(19)20(21)25/h2-9,22H,10-15H2,1H3,(H2,21,25). The summed E-state index contributed by atoms with van der Waals surface area (Å²) in [5.41, 5.74) is 7.99. The van der Waals surface area contributed by atoms with E-state index in [1.54, 1.807) is 13.2 Å². The lowest BCUT2D eigenvalue weighted by atomic mass is 10.1. The van der Waals surface area contributed by atoms with Crippen LogP contribution in [0, 0.1) is 0 Å². The first kappa shape index (κ1) is 18.1. The molecule has 2 aromatic rings. The van der Waals surface area contributed by atoms with Gasteiger partial charge in [-0.25, -0.2) is 0 Å². The Labute approximate surface area is 154 Å². The van der Waals surface area contributed by atoms with E-state index in [0.29, 0.717) is 5.56 Å². The van der Waals surface area contributed by atoms with Gasteiger partial charge in [0.05, 0.1) is 12.7 Å². The highest BCUT2D eigenvalue weighted by molar-refractivity contribution is 5.98. The summed E-state index contributed by atoms with van der Waals surface area (Å²) >= 11 is 0. The average molecular weight is 354 g/mol. The molecule has 0 radical (unpaired) electrons. The zero-order valence-electron chi connectivity index (χ0n) is 15.1. The Kier molecular flexibility index (Phi) is 5.96. The van der Waals surface area contributed by atoms with Gasteiger partial charge in [0.1, 0.15) is 5.75 Å². The van der Waals surface area contributed by atoms with Crippen molar-refractivity contribution in [3.8, 4) is 5.75 Å². The molecule has 2 aromatic carbocycles. The monoisotopic (exact) mass is 354 g/mol. The highest BCUT2D eigenvalue weighted by Crippen LogP contribution is 2.20. The van der Waals surface area contributed by atoms with Gasteiger partial charge in [-0.05, 0) is 36.4 Å². The van der Waals surface area contributed by atoms with Crippen molar-refractivity contribution in [2.24, 2.45) is 5.73 Å². The summed E-state index contributed by atoms with van der Waals surface area (Å²) in [5, 5.41) is 3.33. The maximum atomic E-state index is 11.5. The first-order valence-corrected chi connectivity index (χ1v) is 8.91. The molecule has 3 N–H and O–H groups in total. The number of nitrogens with one attached hydrogen (secondary N) is 1. The van der Waals surface area contributed by atoms with E-state index in [1.165, 1.54) is 5.69 Å². The van der Waals surface area contributed by atoms with Crippen molar-refractivity contribution in [3.05, 3.63) is 54.1 Å². The quantitative estimate of drug-likeness (QED) is 0.796.